The summed E-state index contributed by atoms with van der Waals surface area (Å²) in [5, 5.41) is 11.2. The molecule has 0 bridgehead atoms. The van der Waals surface area contributed by atoms with E-state index in [0.717, 1.165) is 31.3 Å². The summed E-state index contributed by atoms with van der Waals surface area (Å²) in [6.07, 6.45) is 0. The molecule has 5 nitrogen and oxygen atoms in total. The Morgan fingerprint density at radius 2 is 1.90 bits per heavy atom. The van der Waals surface area contributed by atoms with Gasteiger partial charge < -0.3 is 10.6 Å². The van der Waals surface area contributed by atoms with Gasteiger partial charge in [0, 0.05) is 32.4 Å². The van der Waals surface area contributed by atoms with Gasteiger partial charge in [0.15, 0.2) is 5.96 Å². The largest absolute Gasteiger partial charge is 0.356 e. The molecule has 0 aromatic carbocycles. The summed E-state index contributed by atoms with van der Waals surface area (Å²) >= 11 is 0. The Morgan fingerprint density at radius 3 is 2.40 bits per heavy atom. The van der Waals surface area contributed by atoms with Gasteiger partial charge in [-0.25, -0.2) is 0 Å². The maximum absolute atomic E-state index is 4.50. The van der Waals surface area contributed by atoms with Gasteiger partial charge >= 0.3 is 0 Å². The lowest BCUT2D eigenvalue weighted by Gasteiger charge is -2.17. The minimum atomic E-state index is 0.491. The summed E-state index contributed by atoms with van der Waals surface area (Å²) in [5.41, 5.74) is 2.30. The molecule has 1 unspecified atom stereocenters. The third-order valence-corrected chi connectivity index (χ3v) is 3.11. The molecule has 0 spiro atoms. The van der Waals surface area contributed by atoms with Crippen LogP contribution in [0.3, 0.4) is 0 Å². The van der Waals surface area contributed by atoms with Crippen molar-refractivity contribution in [2.75, 3.05) is 20.1 Å². The van der Waals surface area contributed by atoms with Crippen LogP contribution in [0.25, 0.3) is 0 Å². The fourth-order valence-corrected chi connectivity index (χ4v) is 2.01. The highest BCUT2D eigenvalue weighted by Gasteiger charge is 2.08. The Kier molecular flexibility index (Phi) is 6.55. The molecule has 20 heavy (non-hydrogen) atoms. The van der Waals surface area contributed by atoms with Gasteiger partial charge in [0.2, 0.25) is 0 Å². The molecule has 0 aliphatic carbocycles. The fourth-order valence-electron chi connectivity index (χ4n) is 2.01. The van der Waals surface area contributed by atoms with Crippen LogP contribution in [0.4, 0.5) is 0 Å². The molecule has 0 amide bonds. The molecule has 1 rings (SSSR count). The topological polar surface area (TPSA) is 54.2 Å². The first-order valence-corrected chi connectivity index (χ1v) is 7.38. The van der Waals surface area contributed by atoms with Crippen molar-refractivity contribution in [2.45, 2.75) is 41.2 Å². The second-order valence-corrected chi connectivity index (χ2v) is 5.94. The van der Waals surface area contributed by atoms with Crippen LogP contribution >= 0.6 is 0 Å². The van der Waals surface area contributed by atoms with E-state index < -0.39 is 0 Å². The molecule has 0 aliphatic heterocycles. The minimum Gasteiger partial charge on any atom is -0.356 e. The summed E-state index contributed by atoms with van der Waals surface area (Å²) in [6.45, 7) is 13.5. The van der Waals surface area contributed by atoms with Crippen molar-refractivity contribution in [2.24, 2.45) is 16.8 Å². The molecule has 0 fully saturated rings. The molecule has 0 aliphatic rings. The predicted molar refractivity (Wildman–Crippen MR) is 85.1 cm³/mol. The number of rotatable bonds is 6. The van der Waals surface area contributed by atoms with Crippen LogP contribution in [-0.4, -0.2) is 35.9 Å². The average Bonchev–Trinajstić information content (AvgIpc) is 2.67. The lowest BCUT2D eigenvalue weighted by molar-refractivity contribution is 0.435. The fraction of sp³-hybridized carbons (Fsp3) is 0.733. The Bertz CT molecular complexity index is 433. The van der Waals surface area contributed by atoms with Crippen molar-refractivity contribution >= 4 is 5.96 Å². The number of aryl methyl sites for hydroxylation is 2. The number of hydrogen-bond donors (Lipinski definition) is 2. The van der Waals surface area contributed by atoms with Crippen molar-refractivity contribution in [1.82, 2.24) is 20.4 Å². The van der Waals surface area contributed by atoms with E-state index in [1.165, 1.54) is 5.69 Å². The lowest BCUT2D eigenvalue weighted by atomic mass is 10.2. The van der Waals surface area contributed by atoms with Crippen LogP contribution in [-0.2, 0) is 6.54 Å². The van der Waals surface area contributed by atoms with Crippen molar-refractivity contribution in [3.8, 4) is 0 Å². The highest BCUT2D eigenvalue weighted by Crippen LogP contribution is 2.05. The Labute approximate surface area is 122 Å². The third kappa shape index (κ3) is 5.63. The van der Waals surface area contributed by atoms with Crippen LogP contribution < -0.4 is 10.6 Å². The third-order valence-electron chi connectivity index (χ3n) is 3.11. The maximum atomic E-state index is 4.50. The first-order chi connectivity index (χ1) is 9.42. The number of nitrogens with one attached hydrogen (secondary N) is 2. The summed E-state index contributed by atoms with van der Waals surface area (Å²) in [7, 11) is 1.81. The molecule has 0 saturated heterocycles. The minimum absolute atomic E-state index is 0.491. The highest BCUT2D eigenvalue weighted by molar-refractivity contribution is 5.79. The van der Waals surface area contributed by atoms with Gasteiger partial charge in [-0.15, -0.1) is 0 Å². The van der Waals surface area contributed by atoms with Gasteiger partial charge in [0.05, 0.1) is 5.69 Å². The van der Waals surface area contributed by atoms with Crippen molar-refractivity contribution < 1.29 is 0 Å². The van der Waals surface area contributed by atoms with Crippen molar-refractivity contribution in [3.05, 3.63) is 17.5 Å². The monoisotopic (exact) mass is 279 g/mol. The smallest absolute Gasteiger partial charge is 0.190 e. The molecule has 1 aromatic heterocycles. The summed E-state index contributed by atoms with van der Waals surface area (Å²) < 4.78 is 2.08. The van der Waals surface area contributed by atoms with Gasteiger partial charge in [0.25, 0.3) is 0 Å². The zero-order chi connectivity index (χ0) is 15.1. The molecule has 1 aromatic rings. The standard InChI is InChI=1S/C15H29N5/c1-11(2)8-17-15(16-6)18-9-12(3)10-20-14(5)7-13(4)19-20/h7,11-12H,8-10H2,1-6H3,(H2,16,17,18). The molecular formula is C15H29N5. The van der Waals surface area contributed by atoms with E-state index >= 15 is 0 Å². The van der Waals surface area contributed by atoms with Crippen molar-refractivity contribution in [3.63, 3.8) is 0 Å². The van der Waals surface area contributed by atoms with E-state index in [2.05, 4.69) is 59.2 Å². The molecule has 0 radical (unpaired) electrons. The van der Waals surface area contributed by atoms with Crippen LogP contribution in [0.5, 0.6) is 0 Å². The first kappa shape index (κ1) is 16.5. The van der Waals surface area contributed by atoms with E-state index in [4.69, 9.17) is 0 Å². The number of aromatic nitrogens is 2. The summed E-state index contributed by atoms with van der Waals surface area (Å²) in [5.74, 6) is 1.98. The van der Waals surface area contributed by atoms with Gasteiger partial charge in [-0.1, -0.05) is 20.8 Å². The van der Waals surface area contributed by atoms with Gasteiger partial charge in [0.1, 0.15) is 0 Å². The molecule has 5 heteroatoms. The maximum Gasteiger partial charge on any atom is 0.190 e. The van der Waals surface area contributed by atoms with Crippen LogP contribution in [0, 0.1) is 25.7 Å². The molecule has 114 valence electrons. The summed E-state index contributed by atoms with van der Waals surface area (Å²) in [6, 6.07) is 2.11. The zero-order valence-corrected chi connectivity index (χ0v) is 13.7. The molecular weight excluding hydrogens is 250 g/mol. The Hall–Kier alpha value is -1.52. The molecule has 2 N–H and O–H groups in total. The van der Waals surface area contributed by atoms with Crippen LogP contribution in [0.15, 0.2) is 11.1 Å². The molecule has 1 atom stereocenters. The van der Waals surface area contributed by atoms with Gasteiger partial charge in [-0.05, 0) is 31.7 Å². The quantitative estimate of drug-likeness (QED) is 0.618. The number of guanidine groups is 1. The number of aliphatic imine (C=N–C) groups is 1. The lowest BCUT2D eigenvalue weighted by Crippen LogP contribution is -2.41. The van der Waals surface area contributed by atoms with Crippen molar-refractivity contribution in [1.29, 1.82) is 0 Å². The SMILES string of the molecule is CN=C(NCC(C)C)NCC(C)Cn1nc(C)cc1C. The number of hydrogen-bond acceptors (Lipinski definition) is 2. The van der Waals surface area contributed by atoms with E-state index in [9.17, 15) is 0 Å². The zero-order valence-electron chi connectivity index (χ0n) is 13.7. The Morgan fingerprint density at radius 1 is 1.25 bits per heavy atom. The van der Waals surface area contributed by atoms with E-state index in [1.807, 2.05) is 6.92 Å². The van der Waals surface area contributed by atoms with Crippen LogP contribution in [0.1, 0.15) is 32.2 Å². The highest BCUT2D eigenvalue weighted by atomic mass is 15.3. The Balaban J connectivity index is 2.38. The molecule has 1 heterocycles. The van der Waals surface area contributed by atoms with Gasteiger partial charge in [-0.3, -0.25) is 9.67 Å². The van der Waals surface area contributed by atoms with Crippen LogP contribution in [0.2, 0.25) is 0 Å². The normalized spacial score (nSPS) is 13.7. The first-order valence-electron chi connectivity index (χ1n) is 7.38. The average molecular weight is 279 g/mol. The van der Waals surface area contributed by atoms with E-state index in [0.29, 0.717) is 11.8 Å². The molecule has 0 saturated carbocycles. The summed E-state index contributed by atoms with van der Waals surface area (Å²) in [4.78, 5) is 4.23. The van der Waals surface area contributed by atoms with E-state index in [1.54, 1.807) is 7.05 Å². The number of nitrogens with zero attached hydrogens (tertiary/aromatic N) is 3. The van der Waals surface area contributed by atoms with E-state index in [-0.39, 0.29) is 0 Å². The van der Waals surface area contributed by atoms with Gasteiger partial charge in [-0.2, -0.15) is 5.10 Å². The second kappa shape index (κ2) is 7.92. The predicted octanol–water partition coefficient (Wildman–Crippen LogP) is 1.96. The second-order valence-electron chi connectivity index (χ2n) is 5.94.